The number of rotatable bonds is 2. The van der Waals surface area contributed by atoms with Crippen LogP contribution in [0.2, 0.25) is 0 Å². The highest BCUT2D eigenvalue weighted by molar-refractivity contribution is 7.89. The molecule has 0 radical (unpaired) electrons. The molecule has 0 aliphatic carbocycles. The minimum absolute atomic E-state index is 0.0354. The molecule has 1 aliphatic rings. The lowest BCUT2D eigenvalue weighted by Gasteiger charge is -2.33. The molecule has 1 aromatic heterocycles. The molecule has 2 unspecified atom stereocenters. The molecule has 6 nitrogen and oxygen atoms in total. The number of nitrogens with zero attached hydrogens (tertiary/aromatic N) is 3. The van der Waals surface area contributed by atoms with Crippen molar-refractivity contribution in [1.82, 2.24) is 14.1 Å². The number of aliphatic hydroxyl groups excluding tert-OH is 1. The van der Waals surface area contributed by atoms with Crippen molar-refractivity contribution < 1.29 is 13.5 Å². The first-order valence-electron chi connectivity index (χ1n) is 5.59. The van der Waals surface area contributed by atoms with Crippen molar-refractivity contribution >= 4 is 10.0 Å². The Kier molecular flexibility index (Phi) is 3.24. The summed E-state index contributed by atoms with van der Waals surface area (Å²) >= 11 is 0. The van der Waals surface area contributed by atoms with E-state index in [1.165, 1.54) is 21.3 Å². The summed E-state index contributed by atoms with van der Waals surface area (Å²) < 4.78 is 27.4. The van der Waals surface area contributed by atoms with Crippen molar-refractivity contribution in [2.24, 2.45) is 13.0 Å². The van der Waals surface area contributed by atoms with Crippen molar-refractivity contribution in [3.63, 3.8) is 0 Å². The second-order valence-corrected chi connectivity index (χ2v) is 6.37. The number of hydrogen-bond acceptors (Lipinski definition) is 4. The maximum Gasteiger partial charge on any atom is 0.260 e. The lowest BCUT2D eigenvalue weighted by Crippen LogP contribution is -2.45. The van der Waals surface area contributed by atoms with Gasteiger partial charge in [-0.2, -0.15) is 9.40 Å². The molecule has 2 atom stereocenters. The Bertz CT molecular complexity index is 497. The van der Waals surface area contributed by atoms with Crippen LogP contribution < -0.4 is 0 Å². The maximum absolute atomic E-state index is 12.3. The molecular formula is C10H17N3O3S. The zero-order valence-corrected chi connectivity index (χ0v) is 10.8. The van der Waals surface area contributed by atoms with Crippen LogP contribution in [0.15, 0.2) is 17.3 Å². The number of aromatic nitrogens is 2. The van der Waals surface area contributed by atoms with Gasteiger partial charge in [0, 0.05) is 20.1 Å². The Morgan fingerprint density at radius 2 is 2.24 bits per heavy atom. The molecule has 17 heavy (non-hydrogen) atoms. The standard InChI is InChI=1S/C10H17N3O3S/c1-8-7-13(6-4-9(8)14)17(15,16)10-3-5-11-12(10)2/h3,5,8-9,14H,4,6-7H2,1-2H3. The average molecular weight is 259 g/mol. The van der Waals surface area contributed by atoms with Gasteiger partial charge >= 0.3 is 0 Å². The van der Waals surface area contributed by atoms with E-state index in [4.69, 9.17) is 0 Å². The number of hydrogen-bond donors (Lipinski definition) is 1. The third kappa shape index (κ3) is 2.22. The molecule has 7 heteroatoms. The number of sulfonamides is 1. The topological polar surface area (TPSA) is 75.4 Å². The normalized spacial score (nSPS) is 27.2. The Balaban J connectivity index is 2.26. The van der Waals surface area contributed by atoms with E-state index in [0.717, 1.165) is 0 Å². The van der Waals surface area contributed by atoms with Crippen LogP contribution in [-0.4, -0.2) is 46.8 Å². The van der Waals surface area contributed by atoms with Crippen molar-refractivity contribution in [1.29, 1.82) is 0 Å². The Morgan fingerprint density at radius 1 is 1.53 bits per heavy atom. The van der Waals surface area contributed by atoms with E-state index >= 15 is 0 Å². The SMILES string of the molecule is CC1CN(S(=O)(=O)c2ccnn2C)CCC1O. The van der Waals surface area contributed by atoms with Gasteiger partial charge in [0.15, 0.2) is 5.03 Å². The summed E-state index contributed by atoms with van der Waals surface area (Å²) in [5, 5.41) is 13.7. The molecule has 1 aliphatic heterocycles. The molecule has 0 saturated carbocycles. The fraction of sp³-hybridized carbons (Fsp3) is 0.700. The highest BCUT2D eigenvalue weighted by Crippen LogP contribution is 2.23. The lowest BCUT2D eigenvalue weighted by molar-refractivity contribution is 0.0627. The van der Waals surface area contributed by atoms with Gasteiger partial charge in [-0.25, -0.2) is 8.42 Å². The van der Waals surface area contributed by atoms with Gasteiger partial charge in [-0.05, 0) is 18.4 Å². The average Bonchev–Trinajstić information content (AvgIpc) is 2.69. The van der Waals surface area contributed by atoms with Crippen LogP contribution >= 0.6 is 0 Å². The zero-order valence-electron chi connectivity index (χ0n) is 9.94. The van der Waals surface area contributed by atoms with E-state index < -0.39 is 16.1 Å². The highest BCUT2D eigenvalue weighted by atomic mass is 32.2. The molecule has 0 aromatic carbocycles. The van der Waals surface area contributed by atoms with Crippen LogP contribution in [0.1, 0.15) is 13.3 Å². The number of aryl methyl sites for hydroxylation is 1. The van der Waals surface area contributed by atoms with Crippen LogP contribution in [0.5, 0.6) is 0 Å². The second kappa shape index (κ2) is 4.40. The van der Waals surface area contributed by atoms with Gasteiger partial charge in [-0.15, -0.1) is 0 Å². The first-order chi connectivity index (χ1) is 7.93. The number of aliphatic hydroxyl groups is 1. The molecule has 1 fully saturated rings. The lowest BCUT2D eigenvalue weighted by atomic mass is 9.99. The van der Waals surface area contributed by atoms with E-state index in [0.29, 0.717) is 19.5 Å². The van der Waals surface area contributed by atoms with Crippen molar-refractivity contribution in [3.8, 4) is 0 Å². The predicted molar refractivity (Wildman–Crippen MR) is 61.8 cm³/mol. The Labute approximate surface area is 101 Å². The highest BCUT2D eigenvalue weighted by Gasteiger charge is 2.33. The summed E-state index contributed by atoms with van der Waals surface area (Å²) in [5.41, 5.74) is 0. The van der Waals surface area contributed by atoms with Crippen LogP contribution in [0.4, 0.5) is 0 Å². The second-order valence-electron chi connectivity index (χ2n) is 4.49. The van der Waals surface area contributed by atoms with Crippen molar-refractivity contribution in [2.45, 2.75) is 24.5 Å². The fourth-order valence-corrected chi connectivity index (χ4v) is 3.72. The Hall–Kier alpha value is -0.920. The van der Waals surface area contributed by atoms with Crippen molar-refractivity contribution in [3.05, 3.63) is 12.3 Å². The van der Waals surface area contributed by atoms with Gasteiger partial charge in [-0.3, -0.25) is 4.68 Å². The minimum Gasteiger partial charge on any atom is -0.393 e. The molecule has 96 valence electrons. The van der Waals surface area contributed by atoms with E-state index in [1.807, 2.05) is 6.92 Å². The third-order valence-electron chi connectivity index (χ3n) is 3.20. The predicted octanol–water partition coefficient (Wildman–Crippen LogP) is -0.189. The molecule has 2 heterocycles. The van der Waals surface area contributed by atoms with E-state index in [9.17, 15) is 13.5 Å². The largest absolute Gasteiger partial charge is 0.393 e. The summed E-state index contributed by atoms with van der Waals surface area (Å²) in [5.74, 6) is -0.0354. The minimum atomic E-state index is -3.48. The van der Waals surface area contributed by atoms with Gasteiger partial charge < -0.3 is 5.11 Å². The van der Waals surface area contributed by atoms with E-state index in [1.54, 1.807) is 7.05 Å². The van der Waals surface area contributed by atoms with Gasteiger partial charge in [0.1, 0.15) is 0 Å². The van der Waals surface area contributed by atoms with Crippen LogP contribution in [0.25, 0.3) is 0 Å². The van der Waals surface area contributed by atoms with Crippen LogP contribution in [0.3, 0.4) is 0 Å². The van der Waals surface area contributed by atoms with Crippen LogP contribution in [-0.2, 0) is 17.1 Å². The van der Waals surface area contributed by atoms with Gasteiger partial charge in [0.05, 0.1) is 12.3 Å². The smallest absolute Gasteiger partial charge is 0.260 e. The fourth-order valence-electron chi connectivity index (χ4n) is 2.06. The van der Waals surface area contributed by atoms with Crippen LogP contribution in [0, 0.1) is 5.92 Å². The molecule has 1 N–H and O–H groups in total. The zero-order chi connectivity index (χ0) is 12.6. The van der Waals surface area contributed by atoms with E-state index in [2.05, 4.69) is 5.10 Å². The summed E-state index contributed by atoms with van der Waals surface area (Å²) in [6, 6.07) is 1.49. The first kappa shape index (κ1) is 12.5. The molecule has 0 amide bonds. The summed E-state index contributed by atoms with van der Waals surface area (Å²) in [6.45, 7) is 2.57. The maximum atomic E-state index is 12.3. The summed E-state index contributed by atoms with van der Waals surface area (Å²) in [7, 11) is -1.88. The number of piperidine rings is 1. The molecular weight excluding hydrogens is 242 g/mol. The molecule has 0 spiro atoms. The quantitative estimate of drug-likeness (QED) is 0.799. The Morgan fingerprint density at radius 3 is 2.76 bits per heavy atom. The first-order valence-corrected chi connectivity index (χ1v) is 7.03. The van der Waals surface area contributed by atoms with Gasteiger partial charge in [0.25, 0.3) is 10.0 Å². The van der Waals surface area contributed by atoms with Crippen molar-refractivity contribution in [2.75, 3.05) is 13.1 Å². The summed E-state index contributed by atoms with van der Waals surface area (Å²) in [6.07, 6.45) is 1.54. The van der Waals surface area contributed by atoms with Gasteiger partial charge in [0.2, 0.25) is 0 Å². The molecule has 2 rings (SSSR count). The molecule has 1 aromatic rings. The summed E-state index contributed by atoms with van der Waals surface area (Å²) in [4.78, 5) is 0. The van der Waals surface area contributed by atoms with E-state index in [-0.39, 0.29) is 10.9 Å². The third-order valence-corrected chi connectivity index (χ3v) is 5.14. The monoisotopic (exact) mass is 259 g/mol. The molecule has 0 bridgehead atoms. The van der Waals surface area contributed by atoms with Gasteiger partial charge in [-0.1, -0.05) is 6.92 Å². The molecule has 1 saturated heterocycles.